The second-order valence-corrected chi connectivity index (χ2v) is 7.98. The number of hydrogen-bond acceptors (Lipinski definition) is 6. The van der Waals surface area contributed by atoms with Gasteiger partial charge >= 0.3 is 5.97 Å². The molecule has 0 bridgehead atoms. The number of halogens is 1. The highest BCUT2D eigenvalue weighted by molar-refractivity contribution is 14.1. The van der Waals surface area contributed by atoms with Crippen molar-refractivity contribution in [3.8, 4) is 23.0 Å². The van der Waals surface area contributed by atoms with Gasteiger partial charge < -0.3 is 18.9 Å². The van der Waals surface area contributed by atoms with Crippen molar-refractivity contribution < 1.29 is 28.5 Å². The van der Waals surface area contributed by atoms with Gasteiger partial charge in [0.2, 0.25) is 0 Å². The predicted molar refractivity (Wildman–Crippen MR) is 119 cm³/mol. The molecule has 6 nitrogen and oxygen atoms in total. The zero-order chi connectivity index (χ0) is 21.7. The Balaban J connectivity index is 2.56. The molecule has 7 heteroatoms. The standard InChI is InChI=1S/C22H25IO6/c1-12(2)27-17-11-18(28-13(3)4)20(23)21(19(17)14(5)24)29-22(25)15-7-9-16(26-6)10-8-15/h7-13H,1-6H3. The summed E-state index contributed by atoms with van der Waals surface area (Å²) in [5.74, 6) is 0.700. The largest absolute Gasteiger partial charge is 0.497 e. The summed E-state index contributed by atoms with van der Waals surface area (Å²) in [5.41, 5.74) is 0.540. The van der Waals surface area contributed by atoms with E-state index < -0.39 is 5.97 Å². The average Bonchev–Trinajstić information content (AvgIpc) is 2.64. The van der Waals surface area contributed by atoms with Crippen LogP contribution in [0.5, 0.6) is 23.0 Å². The number of benzene rings is 2. The molecule has 0 atom stereocenters. The Bertz CT molecular complexity index is 887. The third kappa shape index (κ3) is 5.85. The van der Waals surface area contributed by atoms with Crippen LogP contribution in [0.2, 0.25) is 0 Å². The van der Waals surface area contributed by atoms with E-state index in [9.17, 15) is 9.59 Å². The van der Waals surface area contributed by atoms with E-state index in [-0.39, 0.29) is 29.3 Å². The molecule has 0 saturated carbocycles. The summed E-state index contributed by atoms with van der Waals surface area (Å²) in [7, 11) is 1.55. The number of Topliss-reactive ketones (excluding diaryl/α,β-unsaturated/α-hetero) is 1. The van der Waals surface area contributed by atoms with Gasteiger partial charge in [-0.15, -0.1) is 0 Å². The maximum atomic E-state index is 12.7. The minimum absolute atomic E-state index is 0.108. The van der Waals surface area contributed by atoms with E-state index >= 15 is 0 Å². The first kappa shape index (κ1) is 23.0. The molecule has 2 aromatic carbocycles. The highest BCUT2D eigenvalue weighted by Gasteiger charge is 2.26. The van der Waals surface area contributed by atoms with Crippen LogP contribution in [0.4, 0.5) is 0 Å². The van der Waals surface area contributed by atoms with Gasteiger partial charge in [0.25, 0.3) is 0 Å². The van der Waals surface area contributed by atoms with Crippen LogP contribution in [0, 0.1) is 3.57 Å². The van der Waals surface area contributed by atoms with Gasteiger partial charge in [0.1, 0.15) is 22.8 Å². The molecule has 0 aliphatic rings. The van der Waals surface area contributed by atoms with Crippen molar-refractivity contribution in [2.45, 2.75) is 46.8 Å². The highest BCUT2D eigenvalue weighted by atomic mass is 127. The summed E-state index contributed by atoms with van der Waals surface area (Å²) in [6.45, 7) is 8.90. The minimum Gasteiger partial charge on any atom is -0.497 e. The zero-order valence-corrected chi connectivity index (χ0v) is 19.5. The van der Waals surface area contributed by atoms with Gasteiger partial charge in [0, 0.05) is 6.07 Å². The number of ether oxygens (including phenoxy) is 4. The minimum atomic E-state index is -0.592. The fourth-order valence-corrected chi connectivity index (χ4v) is 3.25. The van der Waals surface area contributed by atoms with Gasteiger partial charge in [-0.1, -0.05) is 0 Å². The first-order valence-electron chi connectivity index (χ1n) is 9.21. The summed E-state index contributed by atoms with van der Waals surface area (Å²) in [5, 5.41) is 0. The van der Waals surface area contributed by atoms with E-state index in [0.717, 1.165) is 0 Å². The van der Waals surface area contributed by atoms with Gasteiger partial charge in [0.05, 0.1) is 28.5 Å². The number of esters is 1. The van der Waals surface area contributed by atoms with Gasteiger partial charge in [-0.3, -0.25) is 4.79 Å². The lowest BCUT2D eigenvalue weighted by atomic mass is 10.1. The molecular formula is C22H25IO6. The molecule has 0 N–H and O–H groups in total. The van der Waals surface area contributed by atoms with E-state index in [4.69, 9.17) is 18.9 Å². The zero-order valence-electron chi connectivity index (χ0n) is 17.4. The van der Waals surface area contributed by atoms with E-state index in [2.05, 4.69) is 0 Å². The molecular weight excluding hydrogens is 487 g/mol. The van der Waals surface area contributed by atoms with Crippen LogP contribution >= 0.6 is 22.6 Å². The monoisotopic (exact) mass is 512 g/mol. The van der Waals surface area contributed by atoms with Gasteiger partial charge in [-0.05, 0) is 81.5 Å². The van der Waals surface area contributed by atoms with Crippen molar-refractivity contribution in [3.63, 3.8) is 0 Å². The summed E-state index contributed by atoms with van der Waals surface area (Å²) in [6, 6.07) is 8.20. The van der Waals surface area contributed by atoms with E-state index in [1.54, 1.807) is 37.4 Å². The summed E-state index contributed by atoms with van der Waals surface area (Å²) < 4.78 is 23.0. The van der Waals surface area contributed by atoms with Crippen LogP contribution in [0.3, 0.4) is 0 Å². The first-order valence-corrected chi connectivity index (χ1v) is 10.3. The van der Waals surface area contributed by atoms with Crippen molar-refractivity contribution in [1.82, 2.24) is 0 Å². The van der Waals surface area contributed by atoms with Crippen molar-refractivity contribution in [2.24, 2.45) is 0 Å². The van der Waals surface area contributed by atoms with Crippen LogP contribution < -0.4 is 18.9 Å². The molecule has 0 amide bonds. The van der Waals surface area contributed by atoms with Crippen LogP contribution in [0.1, 0.15) is 55.3 Å². The molecule has 0 heterocycles. The Morgan fingerprint density at radius 3 is 1.97 bits per heavy atom. The second kappa shape index (κ2) is 9.96. The molecule has 0 saturated heterocycles. The number of ketones is 1. The maximum absolute atomic E-state index is 12.7. The number of carbonyl (C=O) groups is 2. The van der Waals surface area contributed by atoms with E-state index in [1.807, 2.05) is 50.3 Å². The lowest BCUT2D eigenvalue weighted by molar-refractivity contribution is 0.0730. The summed E-state index contributed by atoms with van der Waals surface area (Å²) >= 11 is 2.02. The third-order valence-electron chi connectivity index (χ3n) is 3.75. The summed E-state index contributed by atoms with van der Waals surface area (Å²) in [6.07, 6.45) is -0.283. The smallest absolute Gasteiger partial charge is 0.343 e. The van der Waals surface area contributed by atoms with Crippen molar-refractivity contribution in [1.29, 1.82) is 0 Å². The molecule has 2 aromatic rings. The van der Waals surface area contributed by atoms with Crippen LogP contribution in [-0.2, 0) is 0 Å². The Morgan fingerprint density at radius 1 is 0.931 bits per heavy atom. The van der Waals surface area contributed by atoms with Gasteiger partial charge in [-0.25, -0.2) is 4.79 Å². The molecule has 0 spiro atoms. The molecule has 0 aliphatic heterocycles. The predicted octanol–water partition coefficient (Wildman–Crippen LogP) is 5.30. The molecule has 0 aromatic heterocycles. The topological polar surface area (TPSA) is 71.1 Å². The van der Waals surface area contributed by atoms with E-state index in [0.29, 0.717) is 26.4 Å². The summed E-state index contributed by atoms with van der Waals surface area (Å²) in [4.78, 5) is 25.2. The number of carbonyl (C=O) groups excluding carboxylic acids is 2. The highest BCUT2D eigenvalue weighted by Crippen LogP contribution is 2.41. The quantitative estimate of drug-likeness (QED) is 0.207. The molecule has 0 aliphatic carbocycles. The molecule has 0 radical (unpaired) electrons. The SMILES string of the molecule is COc1ccc(C(=O)Oc2c(I)c(OC(C)C)cc(OC(C)C)c2C(C)=O)cc1. The van der Waals surface area contributed by atoms with Crippen molar-refractivity contribution in [2.75, 3.05) is 7.11 Å². The number of methoxy groups -OCH3 is 1. The Labute approximate surface area is 184 Å². The van der Waals surface area contributed by atoms with Crippen molar-refractivity contribution >= 4 is 34.3 Å². The normalized spacial score (nSPS) is 10.8. The maximum Gasteiger partial charge on any atom is 0.343 e. The molecule has 0 unspecified atom stereocenters. The fraction of sp³-hybridized carbons (Fsp3) is 0.364. The number of rotatable bonds is 8. The Hall–Kier alpha value is -2.29. The Kier molecular flexibility index (Phi) is 7.89. The van der Waals surface area contributed by atoms with Gasteiger partial charge in [0.15, 0.2) is 11.5 Å². The van der Waals surface area contributed by atoms with Crippen molar-refractivity contribution in [3.05, 3.63) is 45.0 Å². The lowest BCUT2D eigenvalue weighted by Crippen LogP contribution is -2.16. The molecule has 29 heavy (non-hydrogen) atoms. The van der Waals surface area contributed by atoms with Crippen LogP contribution in [-0.4, -0.2) is 31.1 Å². The second-order valence-electron chi connectivity index (χ2n) is 6.90. The molecule has 2 rings (SSSR count). The average molecular weight is 512 g/mol. The van der Waals surface area contributed by atoms with Crippen LogP contribution in [0.15, 0.2) is 30.3 Å². The number of hydrogen-bond donors (Lipinski definition) is 0. The molecule has 156 valence electrons. The van der Waals surface area contributed by atoms with E-state index in [1.165, 1.54) is 6.92 Å². The van der Waals surface area contributed by atoms with Crippen LogP contribution in [0.25, 0.3) is 0 Å². The molecule has 0 fully saturated rings. The Morgan fingerprint density at radius 2 is 1.48 bits per heavy atom. The first-order chi connectivity index (χ1) is 13.6. The lowest BCUT2D eigenvalue weighted by Gasteiger charge is -2.21. The van der Waals surface area contributed by atoms with Gasteiger partial charge in [-0.2, -0.15) is 0 Å². The fourth-order valence-electron chi connectivity index (χ4n) is 2.58. The third-order valence-corrected chi connectivity index (χ3v) is 4.77.